The summed E-state index contributed by atoms with van der Waals surface area (Å²) in [6, 6.07) is 17.7. The van der Waals surface area contributed by atoms with Crippen molar-refractivity contribution >= 4 is 28.8 Å². The van der Waals surface area contributed by atoms with E-state index in [0.717, 1.165) is 40.5 Å². The standard InChI is InChI=1S/C22H21N3O2S/c1-15-20(28-22(24-15)17-8-3-2-4-9-17)21(27)23-14-16-7-5-10-18(13-16)25-12-6-11-19(25)26/h2-5,7-10,13H,6,11-12,14H2,1H3,(H,23,27). The number of amides is 2. The molecule has 1 fully saturated rings. The van der Waals surface area contributed by atoms with Crippen LogP contribution in [0.3, 0.4) is 0 Å². The maximum atomic E-state index is 12.7. The molecule has 0 radical (unpaired) electrons. The number of aromatic nitrogens is 1. The van der Waals surface area contributed by atoms with Gasteiger partial charge in [0.1, 0.15) is 9.88 Å². The second-order valence-electron chi connectivity index (χ2n) is 6.80. The molecule has 28 heavy (non-hydrogen) atoms. The number of carbonyl (C=O) groups excluding carboxylic acids is 2. The zero-order chi connectivity index (χ0) is 19.5. The summed E-state index contributed by atoms with van der Waals surface area (Å²) in [6.45, 7) is 3.03. The molecule has 1 aliphatic heterocycles. The molecule has 0 aliphatic carbocycles. The molecule has 5 nitrogen and oxygen atoms in total. The number of thiazole rings is 1. The van der Waals surface area contributed by atoms with Gasteiger partial charge in [0.15, 0.2) is 0 Å². The lowest BCUT2D eigenvalue weighted by Crippen LogP contribution is -2.25. The van der Waals surface area contributed by atoms with Crippen LogP contribution >= 0.6 is 11.3 Å². The molecule has 2 aromatic carbocycles. The zero-order valence-corrected chi connectivity index (χ0v) is 16.5. The van der Waals surface area contributed by atoms with Gasteiger partial charge in [-0.15, -0.1) is 11.3 Å². The van der Waals surface area contributed by atoms with Crippen LogP contribution in [0.1, 0.15) is 33.8 Å². The summed E-state index contributed by atoms with van der Waals surface area (Å²) in [5.41, 5.74) is 3.61. The van der Waals surface area contributed by atoms with E-state index in [9.17, 15) is 9.59 Å². The van der Waals surface area contributed by atoms with Crippen LogP contribution < -0.4 is 10.2 Å². The second-order valence-corrected chi connectivity index (χ2v) is 7.80. The van der Waals surface area contributed by atoms with Gasteiger partial charge < -0.3 is 10.2 Å². The molecule has 0 unspecified atom stereocenters. The summed E-state index contributed by atoms with van der Waals surface area (Å²) in [4.78, 5) is 31.6. The highest BCUT2D eigenvalue weighted by Gasteiger charge is 2.22. The van der Waals surface area contributed by atoms with Crippen LogP contribution in [0.5, 0.6) is 0 Å². The Morgan fingerprint density at radius 1 is 1.18 bits per heavy atom. The van der Waals surface area contributed by atoms with Gasteiger partial charge >= 0.3 is 0 Å². The number of rotatable bonds is 5. The van der Waals surface area contributed by atoms with Crippen molar-refractivity contribution in [3.63, 3.8) is 0 Å². The minimum atomic E-state index is -0.125. The summed E-state index contributed by atoms with van der Waals surface area (Å²) in [6.07, 6.45) is 1.50. The van der Waals surface area contributed by atoms with E-state index in [2.05, 4.69) is 10.3 Å². The van der Waals surface area contributed by atoms with Gasteiger partial charge in [-0.2, -0.15) is 0 Å². The Hall–Kier alpha value is -2.99. The molecule has 2 heterocycles. The summed E-state index contributed by atoms with van der Waals surface area (Å²) >= 11 is 1.40. The quantitative estimate of drug-likeness (QED) is 0.710. The first-order chi connectivity index (χ1) is 13.6. The Labute approximate surface area is 168 Å². The minimum absolute atomic E-state index is 0.125. The minimum Gasteiger partial charge on any atom is -0.347 e. The van der Waals surface area contributed by atoms with E-state index in [4.69, 9.17) is 0 Å². The van der Waals surface area contributed by atoms with Gasteiger partial charge in [-0.3, -0.25) is 9.59 Å². The van der Waals surface area contributed by atoms with Crippen molar-refractivity contribution in [1.29, 1.82) is 0 Å². The highest BCUT2D eigenvalue weighted by atomic mass is 32.1. The van der Waals surface area contributed by atoms with Gasteiger partial charge in [-0.05, 0) is 31.0 Å². The topological polar surface area (TPSA) is 62.3 Å². The van der Waals surface area contributed by atoms with Crippen molar-refractivity contribution < 1.29 is 9.59 Å². The summed E-state index contributed by atoms with van der Waals surface area (Å²) in [5, 5.41) is 3.82. The average molecular weight is 391 g/mol. The van der Waals surface area contributed by atoms with Crippen molar-refractivity contribution in [1.82, 2.24) is 10.3 Å². The van der Waals surface area contributed by atoms with Crippen LogP contribution in [-0.2, 0) is 11.3 Å². The average Bonchev–Trinajstić information content (AvgIpc) is 3.33. The van der Waals surface area contributed by atoms with Gasteiger partial charge in [0, 0.05) is 30.8 Å². The van der Waals surface area contributed by atoms with E-state index in [1.165, 1.54) is 11.3 Å². The summed E-state index contributed by atoms with van der Waals surface area (Å²) in [5.74, 6) is 0.0368. The third-order valence-electron chi connectivity index (χ3n) is 4.77. The van der Waals surface area contributed by atoms with Gasteiger partial charge in [-0.1, -0.05) is 42.5 Å². The van der Waals surface area contributed by atoms with E-state index in [1.807, 2.05) is 66.4 Å². The molecule has 0 saturated carbocycles. The predicted octanol–water partition coefficient (Wildman–Crippen LogP) is 4.18. The Morgan fingerprint density at radius 3 is 2.75 bits per heavy atom. The van der Waals surface area contributed by atoms with Crippen molar-refractivity contribution in [3.05, 3.63) is 70.7 Å². The third-order valence-corrected chi connectivity index (χ3v) is 5.98. The molecule has 1 saturated heterocycles. The molecular weight excluding hydrogens is 370 g/mol. The number of carbonyl (C=O) groups is 2. The Kier molecular flexibility index (Phi) is 5.21. The monoisotopic (exact) mass is 391 g/mol. The van der Waals surface area contributed by atoms with Gasteiger partial charge in [0.2, 0.25) is 5.91 Å². The molecule has 1 N–H and O–H groups in total. The van der Waals surface area contributed by atoms with Gasteiger partial charge in [-0.25, -0.2) is 4.98 Å². The normalized spacial score (nSPS) is 13.8. The lowest BCUT2D eigenvalue weighted by Gasteiger charge is -2.16. The largest absolute Gasteiger partial charge is 0.347 e. The number of nitrogens with one attached hydrogen (secondary N) is 1. The number of benzene rings is 2. The lowest BCUT2D eigenvalue weighted by molar-refractivity contribution is -0.117. The second kappa shape index (κ2) is 7.94. The number of aryl methyl sites for hydroxylation is 1. The molecule has 0 atom stereocenters. The number of hydrogen-bond donors (Lipinski definition) is 1. The molecule has 4 rings (SSSR count). The van der Waals surface area contributed by atoms with Crippen LogP contribution in [0.25, 0.3) is 10.6 Å². The molecule has 1 aliphatic rings. The van der Waals surface area contributed by atoms with Crippen LogP contribution in [0.15, 0.2) is 54.6 Å². The molecular formula is C22H21N3O2S. The molecule has 0 bridgehead atoms. The SMILES string of the molecule is Cc1nc(-c2ccccc2)sc1C(=O)NCc1cccc(N2CCCC2=O)c1. The first kappa shape index (κ1) is 18.4. The lowest BCUT2D eigenvalue weighted by atomic mass is 10.2. The fourth-order valence-corrected chi connectivity index (χ4v) is 4.32. The van der Waals surface area contributed by atoms with Gasteiger partial charge in [0.05, 0.1) is 5.69 Å². The molecule has 0 spiro atoms. The first-order valence-corrected chi connectivity index (χ1v) is 10.1. The van der Waals surface area contributed by atoms with E-state index < -0.39 is 0 Å². The predicted molar refractivity (Wildman–Crippen MR) is 111 cm³/mol. The van der Waals surface area contributed by atoms with Crippen molar-refractivity contribution in [3.8, 4) is 10.6 Å². The third kappa shape index (κ3) is 3.82. The fraction of sp³-hybridized carbons (Fsp3) is 0.227. The molecule has 6 heteroatoms. The van der Waals surface area contributed by atoms with E-state index in [-0.39, 0.29) is 11.8 Å². The molecule has 1 aromatic heterocycles. The molecule has 142 valence electrons. The van der Waals surface area contributed by atoms with Crippen molar-refractivity contribution in [2.75, 3.05) is 11.4 Å². The van der Waals surface area contributed by atoms with E-state index in [1.54, 1.807) is 0 Å². The van der Waals surface area contributed by atoms with Crippen molar-refractivity contribution in [2.45, 2.75) is 26.3 Å². The van der Waals surface area contributed by atoms with Crippen LogP contribution in [0.2, 0.25) is 0 Å². The van der Waals surface area contributed by atoms with Crippen LogP contribution in [0.4, 0.5) is 5.69 Å². The summed E-state index contributed by atoms with van der Waals surface area (Å²) in [7, 11) is 0. The Morgan fingerprint density at radius 2 is 2.00 bits per heavy atom. The van der Waals surface area contributed by atoms with E-state index in [0.29, 0.717) is 17.8 Å². The summed E-state index contributed by atoms with van der Waals surface area (Å²) < 4.78 is 0. The van der Waals surface area contributed by atoms with Gasteiger partial charge in [0.25, 0.3) is 5.91 Å². The molecule has 2 amide bonds. The highest BCUT2D eigenvalue weighted by Crippen LogP contribution is 2.28. The number of hydrogen-bond acceptors (Lipinski definition) is 4. The fourth-order valence-electron chi connectivity index (χ4n) is 3.33. The van der Waals surface area contributed by atoms with E-state index >= 15 is 0 Å². The maximum absolute atomic E-state index is 12.7. The van der Waals surface area contributed by atoms with Crippen molar-refractivity contribution in [2.24, 2.45) is 0 Å². The molecule has 3 aromatic rings. The Balaban J connectivity index is 1.45. The zero-order valence-electron chi connectivity index (χ0n) is 15.6. The first-order valence-electron chi connectivity index (χ1n) is 9.32. The number of nitrogens with zero attached hydrogens (tertiary/aromatic N) is 2. The Bertz CT molecular complexity index is 1010. The van der Waals surface area contributed by atoms with Crippen LogP contribution in [0, 0.1) is 6.92 Å². The number of anilines is 1. The maximum Gasteiger partial charge on any atom is 0.263 e. The smallest absolute Gasteiger partial charge is 0.263 e. The van der Waals surface area contributed by atoms with Crippen LogP contribution in [-0.4, -0.2) is 23.3 Å². The highest BCUT2D eigenvalue weighted by molar-refractivity contribution is 7.17.